The fourth-order valence-electron chi connectivity index (χ4n) is 2.71. The number of rotatable bonds is 4. The van der Waals surface area contributed by atoms with E-state index in [1.807, 2.05) is 43.3 Å². The number of pyridine rings is 1. The van der Waals surface area contributed by atoms with E-state index in [2.05, 4.69) is 26.2 Å². The van der Waals surface area contributed by atoms with Crippen molar-refractivity contribution in [1.82, 2.24) is 10.3 Å². The second-order valence-corrected chi connectivity index (χ2v) is 6.73. The van der Waals surface area contributed by atoms with Crippen molar-refractivity contribution in [2.75, 3.05) is 11.4 Å². The lowest BCUT2D eigenvalue weighted by Gasteiger charge is -2.17. The predicted molar refractivity (Wildman–Crippen MR) is 95.4 cm³/mol. The molecule has 1 aromatic heterocycles. The molecule has 2 heterocycles. The first-order valence-corrected chi connectivity index (χ1v) is 8.58. The van der Waals surface area contributed by atoms with Gasteiger partial charge in [0.25, 0.3) is 0 Å². The molecular formula is C18H18BrN3O2. The van der Waals surface area contributed by atoms with Crippen LogP contribution in [0.3, 0.4) is 0 Å². The van der Waals surface area contributed by atoms with Gasteiger partial charge >= 0.3 is 0 Å². The number of nitrogens with one attached hydrogen (secondary N) is 1. The molecule has 0 saturated carbocycles. The Hall–Kier alpha value is -2.21. The van der Waals surface area contributed by atoms with Crippen molar-refractivity contribution in [2.45, 2.75) is 19.9 Å². The molecule has 5 nitrogen and oxygen atoms in total. The lowest BCUT2D eigenvalue weighted by molar-refractivity contribution is -0.126. The zero-order valence-corrected chi connectivity index (χ0v) is 14.9. The topological polar surface area (TPSA) is 62.3 Å². The highest BCUT2D eigenvalue weighted by Crippen LogP contribution is 2.29. The van der Waals surface area contributed by atoms with Crippen molar-refractivity contribution in [1.29, 1.82) is 0 Å². The maximum absolute atomic E-state index is 12.3. The average Bonchev–Trinajstić information content (AvgIpc) is 2.98. The summed E-state index contributed by atoms with van der Waals surface area (Å²) in [5.41, 5.74) is 2.72. The van der Waals surface area contributed by atoms with Crippen LogP contribution in [-0.2, 0) is 16.1 Å². The van der Waals surface area contributed by atoms with Gasteiger partial charge in [-0.15, -0.1) is 0 Å². The second-order valence-electron chi connectivity index (χ2n) is 5.88. The van der Waals surface area contributed by atoms with Gasteiger partial charge in [0.1, 0.15) is 0 Å². The molecule has 1 N–H and O–H groups in total. The molecule has 1 saturated heterocycles. The standard InChI is InChI=1S/C18H18BrN3O2/c1-12-5-6-15(9-16(12)19)22-11-13(8-17(22)23)18(24)21-10-14-4-2-3-7-20-14/h2-7,9,13H,8,10-11H2,1H3,(H,21,24). The molecule has 1 aromatic carbocycles. The summed E-state index contributed by atoms with van der Waals surface area (Å²) >= 11 is 3.48. The van der Waals surface area contributed by atoms with E-state index in [9.17, 15) is 9.59 Å². The minimum atomic E-state index is -0.332. The van der Waals surface area contributed by atoms with Gasteiger partial charge in [0.05, 0.1) is 18.2 Å². The highest BCUT2D eigenvalue weighted by atomic mass is 79.9. The van der Waals surface area contributed by atoms with Crippen molar-refractivity contribution in [3.63, 3.8) is 0 Å². The number of carbonyl (C=O) groups excluding carboxylic acids is 2. The van der Waals surface area contributed by atoms with E-state index in [0.717, 1.165) is 21.4 Å². The third-order valence-electron chi connectivity index (χ3n) is 4.13. The zero-order chi connectivity index (χ0) is 17.1. The molecule has 0 aliphatic carbocycles. The molecule has 1 unspecified atom stereocenters. The quantitative estimate of drug-likeness (QED) is 0.876. The highest BCUT2D eigenvalue weighted by Gasteiger charge is 2.35. The first-order valence-electron chi connectivity index (χ1n) is 7.79. The number of benzene rings is 1. The smallest absolute Gasteiger partial charge is 0.227 e. The molecule has 3 rings (SSSR count). The fourth-order valence-corrected chi connectivity index (χ4v) is 3.07. The van der Waals surface area contributed by atoms with E-state index < -0.39 is 0 Å². The number of hydrogen-bond acceptors (Lipinski definition) is 3. The summed E-state index contributed by atoms with van der Waals surface area (Å²) in [5.74, 6) is -0.465. The molecule has 2 aromatic rings. The van der Waals surface area contributed by atoms with Gasteiger partial charge in [-0.3, -0.25) is 14.6 Å². The number of halogens is 1. The van der Waals surface area contributed by atoms with Crippen LogP contribution in [0.1, 0.15) is 17.7 Å². The average molecular weight is 388 g/mol. The molecule has 124 valence electrons. The van der Waals surface area contributed by atoms with Gasteiger partial charge < -0.3 is 10.2 Å². The second kappa shape index (κ2) is 7.13. The van der Waals surface area contributed by atoms with Gasteiger partial charge in [-0.1, -0.05) is 28.1 Å². The summed E-state index contributed by atoms with van der Waals surface area (Å²) in [5, 5.41) is 2.86. The van der Waals surface area contributed by atoms with Gasteiger partial charge in [-0.25, -0.2) is 0 Å². The summed E-state index contributed by atoms with van der Waals surface area (Å²) in [6, 6.07) is 11.4. The lowest BCUT2D eigenvalue weighted by atomic mass is 10.1. The SMILES string of the molecule is Cc1ccc(N2CC(C(=O)NCc3ccccn3)CC2=O)cc1Br. The van der Waals surface area contributed by atoms with Crippen LogP contribution in [0.4, 0.5) is 5.69 Å². The van der Waals surface area contributed by atoms with Crippen molar-refractivity contribution in [2.24, 2.45) is 5.92 Å². The maximum atomic E-state index is 12.3. The van der Waals surface area contributed by atoms with Gasteiger partial charge in [-0.05, 0) is 36.8 Å². The maximum Gasteiger partial charge on any atom is 0.227 e. The molecule has 1 fully saturated rings. The number of nitrogens with zero attached hydrogens (tertiary/aromatic N) is 2. The third-order valence-corrected chi connectivity index (χ3v) is 4.99. The van der Waals surface area contributed by atoms with Crippen LogP contribution in [0.5, 0.6) is 0 Å². The van der Waals surface area contributed by atoms with Crippen molar-refractivity contribution in [3.8, 4) is 0 Å². The Morgan fingerprint density at radius 2 is 2.21 bits per heavy atom. The van der Waals surface area contributed by atoms with Crippen LogP contribution in [0, 0.1) is 12.8 Å². The number of amides is 2. The molecule has 0 spiro atoms. The van der Waals surface area contributed by atoms with Crippen LogP contribution < -0.4 is 10.2 Å². The lowest BCUT2D eigenvalue weighted by Crippen LogP contribution is -2.32. The highest BCUT2D eigenvalue weighted by molar-refractivity contribution is 9.10. The largest absolute Gasteiger partial charge is 0.350 e. The Kier molecular flexibility index (Phi) is 4.94. The summed E-state index contributed by atoms with van der Waals surface area (Å²) in [4.78, 5) is 30.5. The first kappa shape index (κ1) is 16.6. The Morgan fingerprint density at radius 3 is 2.92 bits per heavy atom. The van der Waals surface area contributed by atoms with E-state index in [1.54, 1.807) is 11.1 Å². The molecule has 1 atom stereocenters. The van der Waals surface area contributed by atoms with Gasteiger partial charge in [0.15, 0.2) is 0 Å². The number of aryl methyl sites for hydroxylation is 1. The summed E-state index contributed by atoms with van der Waals surface area (Å²) < 4.78 is 0.954. The summed E-state index contributed by atoms with van der Waals surface area (Å²) in [6.45, 7) is 2.77. The van der Waals surface area contributed by atoms with Crippen molar-refractivity contribution >= 4 is 33.4 Å². The van der Waals surface area contributed by atoms with Crippen LogP contribution in [0.2, 0.25) is 0 Å². The van der Waals surface area contributed by atoms with E-state index >= 15 is 0 Å². The Labute approximate surface area is 149 Å². The number of anilines is 1. The third kappa shape index (κ3) is 3.64. The number of aromatic nitrogens is 1. The first-order chi connectivity index (χ1) is 11.5. The molecule has 1 aliphatic rings. The molecule has 24 heavy (non-hydrogen) atoms. The van der Waals surface area contributed by atoms with Crippen LogP contribution in [-0.4, -0.2) is 23.3 Å². The molecule has 0 bridgehead atoms. The van der Waals surface area contributed by atoms with Crippen LogP contribution in [0.25, 0.3) is 0 Å². The Morgan fingerprint density at radius 1 is 1.38 bits per heavy atom. The minimum Gasteiger partial charge on any atom is -0.350 e. The van der Waals surface area contributed by atoms with Crippen molar-refractivity contribution in [3.05, 3.63) is 58.3 Å². The van der Waals surface area contributed by atoms with Gasteiger partial charge in [0, 0.05) is 29.3 Å². The minimum absolute atomic E-state index is 0.0243. The number of hydrogen-bond donors (Lipinski definition) is 1. The summed E-state index contributed by atoms with van der Waals surface area (Å²) in [7, 11) is 0. The van der Waals surface area contributed by atoms with Crippen LogP contribution in [0.15, 0.2) is 47.1 Å². The van der Waals surface area contributed by atoms with Gasteiger partial charge in [-0.2, -0.15) is 0 Å². The van der Waals surface area contributed by atoms with E-state index in [1.165, 1.54) is 0 Å². The van der Waals surface area contributed by atoms with Gasteiger partial charge in [0.2, 0.25) is 11.8 Å². The van der Waals surface area contributed by atoms with Crippen molar-refractivity contribution < 1.29 is 9.59 Å². The summed E-state index contributed by atoms with van der Waals surface area (Å²) in [6.07, 6.45) is 1.93. The molecule has 1 aliphatic heterocycles. The monoisotopic (exact) mass is 387 g/mol. The normalized spacial score (nSPS) is 17.2. The predicted octanol–water partition coefficient (Wildman–Crippen LogP) is 2.82. The van der Waals surface area contributed by atoms with E-state index in [0.29, 0.717) is 13.1 Å². The Balaban J connectivity index is 1.63. The molecule has 2 amide bonds. The van der Waals surface area contributed by atoms with E-state index in [-0.39, 0.29) is 24.2 Å². The van der Waals surface area contributed by atoms with Crippen LogP contribution >= 0.6 is 15.9 Å². The fraction of sp³-hybridized carbons (Fsp3) is 0.278. The zero-order valence-electron chi connectivity index (χ0n) is 13.3. The molecule has 0 radical (unpaired) electrons. The Bertz CT molecular complexity index is 764. The molecular weight excluding hydrogens is 370 g/mol. The number of carbonyl (C=O) groups is 2. The molecule has 6 heteroatoms. The van der Waals surface area contributed by atoms with E-state index in [4.69, 9.17) is 0 Å².